The summed E-state index contributed by atoms with van der Waals surface area (Å²) in [5, 5.41) is 14.8. The third-order valence-corrected chi connectivity index (χ3v) is 6.56. The van der Waals surface area contributed by atoms with Crippen LogP contribution in [0.25, 0.3) is 11.1 Å². The molecule has 0 aliphatic heterocycles. The predicted octanol–water partition coefficient (Wildman–Crippen LogP) is 4.70. The van der Waals surface area contributed by atoms with E-state index in [1.807, 2.05) is 45.0 Å². The van der Waals surface area contributed by atoms with Crippen molar-refractivity contribution in [3.05, 3.63) is 59.7 Å². The maximum atomic E-state index is 12.6. The van der Waals surface area contributed by atoms with E-state index in [9.17, 15) is 19.5 Å². The zero-order valence-electron chi connectivity index (χ0n) is 20.3. The van der Waals surface area contributed by atoms with E-state index in [0.717, 1.165) is 22.3 Å². The van der Waals surface area contributed by atoms with Crippen molar-refractivity contribution in [1.29, 1.82) is 0 Å². The number of alkyl carbamates (subject to hydrolysis) is 1. The highest BCUT2D eigenvalue weighted by molar-refractivity contribution is 5.84. The zero-order valence-corrected chi connectivity index (χ0v) is 20.3. The molecule has 0 aromatic heterocycles. The summed E-state index contributed by atoms with van der Waals surface area (Å²) in [6.07, 6.45) is 0.536. The third kappa shape index (κ3) is 5.95. The Labute approximate surface area is 200 Å². The Kier molecular flexibility index (Phi) is 7.97. The minimum atomic E-state index is -1.04. The van der Waals surface area contributed by atoms with Crippen molar-refractivity contribution in [2.24, 2.45) is 5.92 Å². The molecule has 2 aromatic carbocycles. The van der Waals surface area contributed by atoms with Gasteiger partial charge in [-0.05, 0) is 48.4 Å². The molecule has 1 aliphatic rings. The molecule has 7 nitrogen and oxygen atoms in total. The van der Waals surface area contributed by atoms with Gasteiger partial charge < -0.3 is 20.5 Å². The van der Waals surface area contributed by atoms with Crippen molar-refractivity contribution < 1.29 is 24.2 Å². The molecule has 0 saturated carbocycles. The normalized spacial score (nSPS) is 14.5. The van der Waals surface area contributed by atoms with Crippen molar-refractivity contribution >= 4 is 18.0 Å². The lowest BCUT2D eigenvalue weighted by molar-refractivity contribution is -0.143. The fourth-order valence-electron chi connectivity index (χ4n) is 4.33. The van der Waals surface area contributed by atoms with Crippen LogP contribution in [0.1, 0.15) is 64.0 Å². The summed E-state index contributed by atoms with van der Waals surface area (Å²) in [4.78, 5) is 36.3. The van der Waals surface area contributed by atoms with E-state index in [2.05, 4.69) is 34.9 Å². The van der Waals surface area contributed by atoms with Gasteiger partial charge in [-0.25, -0.2) is 9.59 Å². The number of carboxylic acid groups (broad SMARTS) is 1. The zero-order chi connectivity index (χ0) is 24.9. The Morgan fingerprint density at radius 1 is 1.03 bits per heavy atom. The van der Waals surface area contributed by atoms with Gasteiger partial charge in [0.1, 0.15) is 12.6 Å². The van der Waals surface area contributed by atoms with E-state index in [-0.39, 0.29) is 30.8 Å². The standard InChI is InChI=1S/C27H34N2O5/c1-5-17(2)24(25(31)32)28-23(30)14-15-27(3,4)29-26(33)34-16-22-20-12-8-6-10-18(20)19-11-7-9-13-21(19)22/h6-13,17,22,24H,5,14-16H2,1-4H3,(H,28,30)(H,29,33)(H,31,32)/t17-,24-/m0/s1. The summed E-state index contributed by atoms with van der Waals surface area (Å²) >= 11 is 0. The van der Waals surface area contributed by atoms with E-state index < -0.39 is 23.6 Å². The molecule has 3 N–H and O–H groups in total. The Morgan fingerprint density at radius 2 is 1.59 bits per heavy atom. The van der Waals surface area contributed by atoms with Crippen molar-refractivity contribution in [2.45, 2.75) is 64.5 Å². The van der Waals surface area contributed by atoms with E-state index in [1.54, 1.807) is 6.92 Å². The smallest absolute Gasteiger partial charge is 0.407 e. The fraction of sp³-hybridized carbons (Fsp3) is 0.444. The Hall–Kier alpha value is -3.35. The third-order valence-electron chi connectivity index (χ3n) is 6.56. The molecular weight excluding hydrogens is 432 g/mol. The molecule has 0 unspecified atom stereocenters. The number of amides is 2. The van der Waals surface area contributed by atoms with Gasteiger partial charge in [-0.2, -0.15) is 0 Å². The van der Waals surface area contributed by atoms with Crippen molar-refractivity contribution in [1.82, 2.24) is 10.6 Å². The number of carboxylic acids is 1. The topological polar surface area (TPSA) is 105 Å². The molecule has 0 radical (unpaired) electrons. The first-order chi connectivity index (χ1) is 16.1. The number of rotatable bonds is 10. The predicted molar refractivity (Wildman–Crippen MR) is 131 cm³/mol. The molecule has 34 heavy (non-hydrogen) atoms. The number of hydrogen-bond donors (Lipinski definition) is 3. The molecular formula is C27H34N2O5. The number of ether oxygens (including phenoxy) is 1. The largest absolute Gasteiger partial charge is 0.480 e. The molecule has 7 heteroatoms. The number of hydrogen-bond acceptors (Lipinski definition) is 4. The highest BCUT2D eigenvalue weighted by atomic mass is 16.5. The van der Waals surface area contributed by atoms with Crippen LogP contribution in [0.4, 0.5) is 4.79 Å². The second kappa shape index (κ2) is 10.7. The molecule has 1 aliphatic carbocycles. The maximum Gasteiger partial charge on any atom is 0.407 e. The van der Waals surface area contributed by atoms with Gasteiger partial charge in [0.05, 0.1) is 0 Å². The van der Waals surface area contributed by atoms with Gasteiger partial charge in [-0.3, -0.25) is 4.79 Å². The number of fused-ring (bicyclic) bond motifs is 3. The summed E-state index contributed by atoms with van der Waals surface area (Å²) in [5.74, 6) is -1.59. The first-order valence-corrected chi connectivity index (χ1v) is 11.8. The highest BCUT2D eigenvalue weighted by Gasteiger charge is 2.30. The second-order valence-corrected chi connectivity index (χ2v) is 9.60. The number of benzene rings is 2. The Balaban J connectivity index is 1.53. The minimum Gasteiger partial charge on any atom is -0.480 e. The van der Waals surface area contributed by atoms with E-state index in [0.29, 0.717) is 12.8 Å². The molecule has 2 amide bonds. The van der Waals surface area contributed by atoms with Crippen LogP contribution in [-0.4, -0.2) is 41.3 Å². The Morgan fingerprint density at radius 3 is 2.12 bits per heavy atom. The summed E-state index contributed by atoms with van der Waals surface area (Å²) in [6, 6.07) is 15.4. The van der Waals surface area contributed by atoms with Gasteiger partial charge in [-0.15, -0.1) is 0 Å². The molecule has 182 valence electrons. The van der Waals surface area contributed by atoms with Gasteiger partial charge in [0.2, 0.25) is 5.91 Å². The first kappa shape index (κ1) is 25.3. The molecule has 0 saturated heterocycles. The summed E-state index contributed by atoms with van der Waals surface area (Å²) in [7, 11) is 0. The van der Waals surface area contributed by atoms with Crippen molar-refractivity contribution in [2.75, 3.05) is 6.61 Å². The quantitative estimate of drug-likeness (QED) is 0.471. The molecule has 0 spiro atoms. The molecule has 2 aromatic rings. The number of carbonyl (C=O) groups excluding carboxylic acids is 2. The molecule has 0 heterocycles. The molecule has 0 bridgehead atoms. The van der Waals surface area contributed by atoms with Crippen LogP contribution in [0.15, 0.2) is 48.5 Å². The average molecular weight is 467 g/mol. The first-order valence-electron chi connectivity index (χ1n) is 11.8. The van der Waals surface area contributed by atoms with Gasteiger partial charge in [-0.1, -0.05) is 68.8 Å². The minimum absolute atomic E-state index is 0.0273. The lowest BCUT2D eigenvalue weighted by Crippen LogP contribution is -2.47. The van der Waals surface area contributed by atoms with Crippen LogP contribution >= 0.6 is 0 Å². The molecule has 0 fully saturated rings. The van der Waals surface area contributed by atoms with Crippen LogP contribution in [0.2, 0.25) is 0 Å². The van der Waals surface area contributed by atoms with Crippen LogP contribution < -0.4 is 10.6 Å². The van der Waals surface area contributed by atoms with Crippen LogP contribution in [0.3, 0.4) is 0 Å². The van der Waals surface area contributed by atoms with Crippen LogP contribution in [0, 0.1) is 5.92 Å². The molecule has 2 atom stereocenters. The second-order valence-electron chi connectivity index (χ2n) is 9.60. The van der Waals surface area contributed by atoms with E-state index in [4.69, 9.17) is 4.74 Å². The highest BCUT2D eigenvalue weighted by Crippen LogP contribution is 2.44. The fourth-order valence-corrected chi connectivity index (χ4v) is 4.33. The number of carbonyl (C=O) groups is 3. The van der Waals surface area contributed by atoms with Gasteiger partial charge >= 0.3 is 12.1 Å². The van der Waals surface area contributed by atoms with Crippen LogP contribution in [-0.2, 0) is 14.3 Å². The number of aliphatic carboxylic acids is 1. The van der Waals surface area contributed by atoms with Gasteiger partial charge in [0.15, 0.2) is 0 Å². The summed E-state index contributed by atoms with van der Waals surface area (Å²) < 4.78 is 5.60. The van der Waals surface area contributed by atoms with Crippen LogP contribution in [0.5, 0.6) is 0 Å². The summed E-state index contributed by atoms with van der Waals surface area (Å²) in [6.45, 7) is 7.51. The monoisotopic (exact) mass is 466 g/mol. The number of nitrogens with one attached hydrogen (secondary N) is 2. The van der Waals surface area contributed by atoms with Crippen molar-refractivity contribution in [3.8, 4) is 11.1 Å². The van der Waals surface area contributed by atoms with E-state index in [1.165, 1.54) is 0 Å². The average Bonchev–Trinajstić information content (AvgIpc) is 3.12. The lowest BCUT2D eigenvalue weighted by Gasteiger charge is -2.27. The lowest BCUT2D eigenvalue weighted by atomic mass is 9.96. The maximum absolute atomic E-state index is 12.6. The van der Waals surface area contributed by atoms with Crippen molar-refractivity contribution in [3.63, 3.8) is 0 Å². The van der Waals surface area contributed by atoms with Gasteiger partial charge in [0, 0.05) is 17.9 Å². The Bertz CT molecular complexity index is 1000. The SMILES string of the molecule is CC[C@H](C)[C@H](NC(=O)CCC(C)(C)NC(=O)OCC1c2ccccc2-c2ccccc21)C(=O)O. The van der Waals surface area contributed by atoms with Gasteiger partial charge in [0.25, 0.3) is 0 Å². The summed E-state index contributed by atoms with van der Waals surface area (Å²) in [5.41, 5.74) is 3.91. The van der Waals surface area contributed by atoms with E-state index >= 15 is 0 Å². The molecule has 3 rings (SSSR count).